The van der Waals surface area contributed by atoms with Gasteiger partial charge in [0, 0.05) is 11.2 Å². The molecule has 0 amide bonds. The van der Waals surface area contributed by atoms with Gasteiger partial charge in [0.15, 0.2) is 5.65 Å². The molecule has 2 aromatic heterocycles. The molecule has 0 spiro atoms. The average molecular weight is 280 g/mol. The van der Waals surface area contributed by atoms with E-state index < -0.39 is 0 Å². The lowest BCUT2D eigenvalue weighted by atomic mass is 9.89. The summed E-state index contributed by atoms with van der Waals surface area (Å²) in [5.74, 6) is 1.36. The van der Waals surface area contributed by atoms with Gasteiger partial charge in [-0.25, -0.2) is 9.97 Å². The van der Waals surface area contributed by atoms with Gasteiger partial charge in [0.25, 0.3) is 0 Å². The van der Waals surface area contributed by atoms with E-state index in [9.17, 15) is 0 Å². The molecule has 0 bridgehead atoms. The van der Waals surface area contributed by atoms with Crippen molar-refractivity contribution in [1.29, 1.82) is 0 Å². The lowest BCUT2D eigenvalue weighted by Gasteiger charge is -2.34. The largest absolute Gasteiger partial charge is 0.305 e. The molecule has 19 heavy (non-hydrogen) atoms. The Morgan fingerprint density at radius 1 is 1.11 bits per heavy atom. The number of hydrogen-bond acceptors (Lipinski definition) is 2. The van der Waals surface area contributed by atoms with E-state index >= 15 is 0 Å². The number of rotatable bonds is 5. The summed E-state index contributed by atoms with van der Waals surface area (Å²) in [5.41, 5.74) is 3.01. The molecule has 2 rings (SSSR count). The normalized spacial score (nSPS) is 12.3. The van der Waals surface area contributed by atoms with E-state index in [0.29, 0.717) is 5.88 Å². The van der Waals surface area contributed by atoms with Gasteiger partial charge in [0.05, 0.1) is 5.88 Å². The van der Waals surface area contributed by atoms with Crippen molar-refractivity contribution in [3.8, 4) is 0 Å². The highest BCUT2D eigenvalue weighted by molar-refractivity contribution is 6.16. The van der Waals surface area contributed by atoms with Crippen molar-refractivity contribution in [2.45, 2.75) is 58.4 Å². The van der Waals surface area contributed by atoms with Crippen LogP contribution in [-0.4, -0.2) is 14.5 Å². The molecule has 0 aromatic carbocycles. The molecule has 104 valence electrons. The monoisotopic (exact) mass is 279 g/mol. The van der Waals surface area contributed by atoms with Crippen molar-refractivity contribution in [1.82, 2.24) is 14.5 Å². The summed E-state index contributed by atoms with van der Waals surface area (Å²) >= 11 is 6.11. The van der Waals surface area contributed by atoms with Gasteiger partial charge >= 0.3 is 0 Å². The van der Waals surface area contributed by atoms with Gasteiger partial charge in [0.1, 0.15) is 11.3 Å². The molecule has 0 aliphatic carbocycles. The van der Waals surface area contributed by atoms with Crippen LogP contribution in [0.25, 0.3) is 11.2 Å². The molecule has 0 saturated carbocycles. The van der Waals surface area contributed by atoms with Gasteiger partial charge in [-0.1, -0.05) is 20.8 Å². The second kappa shape index (κ2) is 5.49. The Hall–Kier alpha value is -1.09. The summed E-state index contributed by atoms with van der Waals surface area (Å²) < 4.78 is 2.28. The zero-order valence-corrected chi connectivity index (χ0v) is 13.0. The van der Waals surface area contributed by atoms with E-state index in [1.165, 1.54) is 0 Å². The first-order valence-electron chi connectivity index (χ1n) is 7.03. The summed E-state index contributed by atoms with van der Waals surface area (Å²) in [5, 5.41) is 0. The van der Waals surface area contributed by atoms with Gasteiger partial charge in [-0.2, -0.15) is 0 Å². The highest BCUT2D eigenvalue weighted by atomic mass is 35.5. The number of nitrogens with zero attached hydrogens (tertiary/aromatic N) is 3. The minimum absolute atomic E-state index is 0.0692. The van der Waals surface area contributed by atoms with Gasteiger partial charge in [-0.3, -0.25) is 0 Å². The molecule has 0 aliphatic heterocycles. The van der Waals surface area contributed by atoms with Crippen LogP contribution in [-0.2, 0) is 11.4 Å². The number of pyridine rings is 1. The van der Waals surface area contributed by atoms with E-state index in [4.69, 9.17) is 16.6 Å². The van der Waals surface area contributed by atoms with E-state index in [0.717, 1.165) is 41.9 Å². The molecule has 2 aromatic rings. The third kappa shape index (κ3) is 2.25. The topological polar surface area (TPSA) is 30.7 Å². The minimum atomic E-state index is 0.0692. The Bertz CT molecular complexity index is 562. The quantitative estimate of drug-likeness (QED) is 0.759. The van der Waals surface area contributed by atoms with Crippen LogP contribution >= 0.6 is 11.6 Å². The van der Waals surface area contributed by atoms with Gasteiger partial charge < -0.3 is 4.57 Å². The Morgan fingerprint density at radius 2 is 1.74 bits per heavy atom. The van der Waals surface area contributed by atoms with Crippen LogP contribution in [0, 0.1) is 6.92 Å². The van der Waals surface area contributed by atoms with Crippen molar-refractivity contribution >= 4 is 22.8 Å². The fourth-order valence-electron chi connectivity index (χ4n) is 2.91. The van der Waals surface area contributed by atoms with Crippen molar-refractivity contribution in [2.75, 3.05) is 0 Å². The molecular formula is C15H22ClN3. The highest BCUT2D eigenvalue weighted by Crippen LogP contribution is 2.34. The maximum absolute atomic E-state index is 6.11. The van der Waals surface area contributed by atoms with Crippen LogP contribution in [0.15, 0.2) is 12.1 Å². The zero-order chi connectivity index (χ0) is 14.0. The molecule has 0 unspecified atom stereocenters. The fourth-order valence-corrected chi connectivity index (χ4v) is 3.09. The lowest BCUT2D eigenvalue weighted by molar-refractivity contribution is 0.251. The third-order valence-corrected chi connectivity index (χ3v) is 4.52. The molecule has 0 saturated heterocycles. The Kier molecular flexibility index (Phi) is 4.14. The molecule has 0 atom stereocenters. The van der Waals surface area contributed by atoms with Crippen LogP contribution in [0.1, 0.15) is 51.6 Å². The Morgan fingerprint density at radius 3 is 2.26 bits per heavy atom. The van der Waals surface area contributed by atoms with Gasteiger partial charge in [-0.05, 0) is 38.3 Å². The number of aromatic nitrogens is 3. The second-order valence-electron chi connectivity index (χ2n) is 5.08. The summed E-state index contributed by atoms with van der Waals surface area (Å²) in [6.45, 7) is 8.70. The van der Waals surface area contributed by atoms with E-state index in [1.807, 2.05) is 19.1 Å². The van der Waals surface area contributed by atoms with Gasteiger partial charge in [-0.15, -0.1) is 11.6 Å². The van der Waals surface area contributed by atoms with Crippen LogP contribution in [0.3, 0.4) is 0 Å². The van der Waals surface area contributed by atoms with E-state index in [1.54, 1.807) is 0 Å². The summed E-state index contributed by atoms with van der Waals surface area (Å²) in [6.07, 6.45) is 3.18. The molecule has 0 fully saturated rings. The number of alkyl halides is 1. The van der Waals surface area contributed by atoms with Crippen LogP contribution in [0.2, 0.25) is 0 Å². The predicted molar refractivity (Wildman–Crippen MR) is 80.7 cm³/mol. The smallest absolute Gasteiger partial charge is 0.160 e. The number of aryl methyl sites for hydroxylation is 1. The van der Waals surface area contributed by atoms with Crippen molar-refractivity contribution in [2.24, 2.45) is 0 Å². The summed E-state index contributed by atoms with van der Waals surface area (Å²) in [6, 6.07) is 4.04. The summed E-state index contributed by atoms with van der Waals surface area (Å²) in [4.78, 5) is 9.35. The van der Waals surface area contributed by atoms with Crippen LogP contribution in [0.4, 0.5) is 0 Å². The van der Waals surface area contributed by atoms with Crippen molar-refractivity contribution < 1.29 is 0 Å². The first-order chi connectivity index (χ1) is 9.11. The average Bonchev–Trinajstić information content (AvgIpc) is 2.80. The standard InChI is InChI=1S/C15H22ClN3/c1-5-15(6-2,7-3)19-13(10-16)18-12-9-8-11(4)17-14(12)19/h8-9H,5-7,10H2,1-4H3. The molecule has 0 aliphatic rings. The molecule has 0 radical (unpaired) electrons. The third-order valence-electron chi connectivity index (χ3n) is 4.28. The SMILES string of the molecule is CCC(CC)(CC)n1c(CCl)nc2ccc(C)nc21. The molecule has 3 nitrogen and oxygen atoms in total. The van der Waals surface area contributed by atoms with Crippen molar-refractivity contribution in [3.63, 3.8) is 0 Å². The Labute approximate surface area is 120 Å². The fraction of sp³-hybridized carbons (Fsp3) is 0.600. The molecule has 0 N–H and O–H groups in total. The number of hydrogen-bond donors (Lipinski definition) is 0. The van der Waals surface area contributed by atoms with Gasteiger partial charge in [0.2, 0.25) is 0 Å². The number of halogens is 1. The number of fused-ring (bicyclic) bond motifs is 1. The van der Waals surface area contributed by atoms with Crippen LogP contribution in [0.5, 0.6) is 0 Å². The summed E-state index contributed by atoms with van der Waals surface area (Å²) in [7, 11) is 0. The molecular weight excluding hydrogens is 258 g/mol. The Balaban J connectivity index is 2.78. The van der Waals surface area contributed by atoms with Crippen LogP contribution < -0.4 is 0 Å². The minimum Gasteiger partial charge on any atom is -0.305 e. The zero-order valence-electron chi connectivity index (χ0n) is 12.2. The molecule has 4 heteroatoms. The number of imidazole rings is 1. The first-order valence-corrected chi connectivity index (χ1v) is 7.56. The first kappa shape index (κ1) is 14.3. The second-order valence-corrected chi connectivity index (χ2v) is 5.34. The lowest BCUT2D eigenvalue weighted by Crippen LogP contribution is -2.33. The van der Waals surface area contributed by atoms with Crippen molar-refractivity contribution in [3.05, 3.63) is 23.7 Å². The molecule has 2 heterocycles. The predicted octanol–water partition coefficient (Wildman–Crippen LogP) is 4.40. The van der Waals surface area contributed by atoms with E-state index in [-0.39, 0.29) is 5.54 Å². The maximum Gasteiger partial charge on any atom is 0.160 e. The van der Waals surface area contributed by atoms with E-state index in [2.05, 4.69) is 30.3 Å². The maximum atomic E-state index is 6.11. The highest BCUT2D eigenvalue weighted by Gasteiger charge is 2.30.